The van der Waals surface area contributed by atoms with Crippen LogP contribution in [0.4, 0.5) is 5.69 Å². The number of aliphatic hydroxyl groups is 1. The summed E-state index contributed by atoms with van der Waals surface area (Å²) in [4.78, 5) is 14.1. The molecule has 7 nitrogen and oxygen atoms in total. The molecule has 1 unspecified atom stereocenters. The van der Waals surface area contributed by atoms with Crippen molar-refractivity contribution < 1.29 is 9.84 Å². The molecule has 2 rings (SSSR count). The van der Waals surface area contributed by atoms with Gasteiger partial charge in [0.15, 0.2) is 0 Å². The van der Waals surface area contributed by atoms with E-state index in [9.17, 15) is 9.90 Å². The third-order valence-corrected chi connectivity index (χ3v) is 3.80. The number of likely N-dealkylation sites (N-methyl/N-ethyl adjacent to an activating group) is 1. The van der Waals surface area contributed by atoms with Crippen molar-refractivity contribution in [2.45, 2.75) is 18.6 Å². The number of nitrogens with zero attached hydrogens (tertiary/aromatic N) is 3. The van der Waals surface area contributed by atoms with Crippen LogP contribution in [0.25, 0.3) is 0 Å². The summed E-state index contributed by atoms with van der Waals surface area (Å²) in [6.07, 6.45) is 2.07. The van der Waals surface area contributed by atoms with E-state index in [-0.39, 0.29) is 23.7 Å². The van der Waals surface area contributed by atoms with Gasteiger partial charge in [-0.1, -0.05) is 11.6 Å². The summed E-state index contributed by atoms with van der Waals surface area (Å²) in [7, 11) is 3.85. The van der Waals surface area contributed by atoms with Crippen LogP contribution < -0.4 is 10.9 Å². The number of hydrogen-bond donors (Lipinski definition) is 2. The third kappa shape index (κ3) is 4.16. The van der Waals surface area contributed by atoms with Crippen LogP contribution >= 0.6 is 11.6 Å². The van der Waals surface area contributed by atoms with Gasteiger partial charge >= 0.3 is 0 Å². The molecule has 0 aromatic carbocycles. The molecule has 2 N–H and O–H groups in total. The van der Waals surface area contributed by atoms with Crippen LogP contribution in [-0.4, -0.2) is 65.8 Å². The molecule has 8 heteroatoms. The van der Waals surface area contributed by atoms with E-state index in [4.69, 9.17) is 16.3 Å². The lowest BCUT2D eigenvalue weighted by molar-refractivity contribution is 0.0382. The maximum absolute atomic E-state index is 12.1. The highest BCUT2D eigenvalue weighted by Gasteiger charge is 2.32. The fourth-order valence-electron chi connectivity index (χ4n) is 2.04. The van der Waals surface area contributed by atoms with Crippen LogP contribution in [0.1, 0.15) is 6.42 Å². The van der Waals surface area contributed by atoms with Gasteiger partial charge in [-0.05, 0) is 14.1 Å². The van der Waals surface area contributed by atoms with Crippen molar-refractivity contribution in [3.05, 3.63) is 21.6 Å². The number of hydrogen-bond acceptors (Lipinski definition) is 6. The summed E-state index contributed by atoms with van der Waals surface area (Å²) in [6.45, 7) is 2.27. The minimum Gasteiger partial charge on any atom is -0.386 e. The van der Waals surface area contributed by atoms with Crippen LogP contribution in [0.15, 0.2) is 11.0 Å². The Balaban J connectivity index is 2.04. The van der Waals surface area contributed by atoms with Gasteiger partial charge in [0.1, 0.15) is 10.6 Å². The zero-order valence-corrected chi connectivity index (χ0v) is 13.1. The number of ether oxygens (including phenoxy) is 1. The molecule has 0 spiro atoms. The fraction of sp³-hybridized carbons (Fsp3) is 0.692. The van der Waals surface area contributed by atoms with Gasteiger partial charge in [-0.15, -0.1) is 0 Å². The Morgan fingerprint density at radius 3 is 3.00 bits per heavy atom. The molecule has 0 saturated carbocycles. The smallest absolute Gasteiger partial charge is 0.287 e. The number of nitrogens with one attached hydrogen (secondary N) is 1. The van der Waals surface area contributed by atoms with Crippen LogP contribution in [-0.2, 0) is 11.3 Å². The maximum atomic E-state index is 12.1. The topological polar surface area (TPSA) is 79.6 Å². The van der Waals surface area contributed by atoms with E-state index in [2.05, 4.69) is 10.4 Å². The summed E-state index contributed by atoms with van der Waals surface area (Å²) in [6, 6.07) is 0. The van der Waals surface area contributed by atoms with Gasteiger partial charge in [0.05, 0.1) is 25.0 Å². The monoisotopic (exact) mass is 316 g/mol. The molecule has 1 aromatic heterocycles. The molecule has 1 atom stereocenters. The highest BCUT2D eigenvalue weighted by molar-refractivity contribution is 6.32. The molecule has 0 bridgehead atoms. The molecule has 1 saturated heterocycles. The van der Waals surface area contributed by atoms with E-state index in [1.54, 1.807) is 0 Å². The highest BCUT2D eigenvalue weighted by Crippen LogP contribution is 2.21. The first-order valence-electron chi connectivity index (χ1n) is 6.86. The SMILES string of the molecule is CN(C)CCn1ncc(NCC2(O)CCOC2)c(Cl)c1=O. The quantitative estimate of drug-likeness (QED) is 0.770. The van der Waals surface area contributed by atoms with Crippen molar-refractivity contribution in [2.75, 3.05) is 45.7 Å². The van der Waals surface area contributed by atoms with E-state index < -0.39 is 5.60 Å². The lowest BCUT2D eigenvalue weighted by Crippen LogP contribution is -2.38. The first kappa shape index (κ1) is 16.2. The average molecular weight is 317 g/mol. The lowest BCUT2D eigenvalue weighted by atomic mass is 10.0. The average Bonchev–Trinajstić information content (AvgIpc) is 2.86. The molecule has 21 heavy (non-hydrogen) atoms. The molecule has 0 radical (unpaired) electrons. The van der Waals surface area contributed by atoms with E-state index in [1.807, 2.05) is 19.0 Å². The Labute approximate surface area is 128 Å². The molecule has 0 aliphatic carbocycles. The van der Waals surface area contributed by atoms with Crippen LogP contribution in [0.5, 0.6) is 0 Å². The second-order valence-electron chi connectivity index (χ2n) is 5.58. The van der Waals surface area contributed by atoms with E-state index in [0.29, 0.717) is 31.8 Å². The Bertz CT molecular complexity index is 541. The maximum Gasteiger partial charge on any atom is 0.287 e. The largest absolute Gasteiger partial charge is 0.386 e. The number of anilines is 1. The Morgan fingerprint density at radius 2 is 2.38 bits per heavy atom. The molecule has 1 aromatic rings. The summed E-state index contributed by atoms with van der Waals surface area (Å²) in [5.74, 6) is 0. The van der Waals surface area contributed by atoms with Gasteiger partial charge in [0, 0.05) is 26.1 Å². The van der Waals surface area contributed by atoms with Crippen LogP contribution in [0, 0.1) is 0 Å². The summed E-state index contributed by atoms with van der Waals surface area (Å²) in [5, 5.41) is 17.3. The highest BCUT2D eigenvalue weighted by atomic mass is 35.5. The molecule has 1 aliphatic rings. The first-order chi connectivity index (χ1) is 9.91. The molecule has 0 amide bonds. The van der Waals surface area contributed by atoms with Crippen molar-refractivity contribution in [1.29, 1.82) is 0 Å². The molecular weight excluding hydrogens is 296 g/mol. The van der Waals surface area contributed by atoms with Crippen molar-refractivity contribution in [3.63, 3.8) is 0 Å². The molecular formula is C13H21ClN4O3. The number of rotatable bonds is 6. The zero-order chi connectivity index (χ0) is 15.5. The Hall–Kier alpha value is -1.15. The van der Waals surface area contributed by atoms with Crippen molar-refractivity contribution in [3.8, 4) is 0 Å². The molecule has 2 heterocycles. The van der Waals surface area contributed by atoms with Crippen molar-refractivity contribution >= 4 is 17.3 Å². The molecule has 1 aliphatic heterocycles. The minimum atomic E-state index is -0.914. The third-order valence-electron chi connectivity index (χ3n) is 3.43. The zero-order valence-electron chi connectivity index (χ0n) is 12.3. The predicted octanol–water partition coefficient (Wildman–Crippen LogP) is 0.0216. The normalized spacial score (nSPS) is 22.0. The van der Waals surface area contributed by atoms with Gasteiger partial charge in [-0.25, -0.2) is 4.68 Å². The standard InChI is InChI=1S/C13H21ClN4O3/c1-17(2)4-5-18-12(19)11(14)10(7-16-18)15-8-13(20)3-6-21-9-13/h7,15,20H,3-6,8-9H2,1-2H3. The van der Waals surface area contributed by atoms with Crippen molar-refractivity contribution in [2.24, 2.45) is 0 Å². The first-order valence-corrected chi connectivity index (χ1v) is 7.23. The van der Waals surface area contributed by atoms with Gasteiger partial charge in [-0.2, -0.15) is 5.10 Å². The van der Waals surface area contributed by atoms with Gasteiger partial charge in [-0.3, -0.25) is 4.79 Å². The van der Waals surface area contributed by atoms with Crippen LogP contribution in [0.3, 0.4) is 0 Å². The second-order valence-corrected chi connectivity index (χ2v) is 5.96. The summed E-state index contributed by atoms with van der Waals surface area (Å²) >= 11 is 6.08. The van der Waals surface area contributed by atoms with E-state index in [0.717, 1.165) is 0 Å². The Morgan fingerprint density at radius 1 is 1.62 bits per heavy atom. The van der Waals surface area contributed by atoms with E-state index in [1.165, 1.54) is 10.9 Å². The van der Waals surface area contributed by atoms with Gasteiger partial charge in [0.25, 0.3) is 5.56 Å². The second kappa shape index (κ2) is 6.74. The lowest BCUT2D eigenvalue weighted by Gasteiger charge is -2.21. The van der Waals surface area contributed by atoms with E-state index >= 15 is 0 Å². The molecule has 118 valence electrons. The predicted molar refractivity (Wildman–Crippen MR) is 80.9 cm³/mol. The Kier molecular flexibility index (Phi) is 5.21. The van der Waals surface area contributed by atoms with Crippen molar-refractivity contribution in [1.82, 2.24) is 14.7 Å². The molecule has 1 fully saturated rings. The summed E-state index contributed by atoms with van der Waals surface area (Å²) in [5.41, 5.74) is -0.815. The summed E-state index contributed by atoms with van der Waals surface area (Å²) < 4.78 is 6.50. The van der Waals surface area contributed by atoms with Gasteiger partial charge < -0.3 is 20.1 Å². The van der Waals surface area contributed by atoms with Crippen LogP contribution in [0.2, 0.25) is 5.02 Å². The van der Waals surface area contributed by atoms with Gasteiger partial charge in [0.2, 0.25) is 0 Å². The number of aromatic nitrogens is 2. The minimum absolute atomic E-state index is 0.0891. The number of halogens is 1. The fourth-order valence-corrected chi connectivity index (χ4v) is 2.25.